The Balaban J connectivity index is 1.74. The van der Waals surface area contributed by atoms with E-state index in [2.05, 4.69) is 14.9 Å². The molecule has 1 aromatic heterocycles. The monoisotopic (exact) mass is 390 g/mol. The van der Waals surface area contributed by atoms with Gasteiger partial charge in [0.15, 0.2) is 0 Å². The van der Waals surface area contributed by atoms with Crippen LogP contribution >= 0.6 is 11.6 Å². The third-order valence-corrected chi connectivity index (χ3v) is 4.85. The van der Waals surface area contributed by atoms with Gasteiger partial charge in [0.1, 0.15) is 5.56 Å². The van der Waals surface area contributed by atoms with Crippen LogP contribution in [0.1, 0.15) is 31.2 Å². The van der Waals surface area contributed by atoms with Gasteiger partial charge in [-0.2, -0.15) is 0 Å². The van der Waals surface area contributed by atoms with Crippen LogP contribution in [0.15, 0.2) is 38.8 Å². The van der Waals surface area contributed by atoms with Gasteiger partial charge >= 0.3 is 5.69 Å². The molecule has 1 aromatic carbocycles. The summed E-state index contributed by atoms with van der Waals surface area (Å²) in [6.45, 7) is 3.79. The van der Waals surface area contributed by atoms with E-state index in [-0.39, 0.29) is 5.56 Å². The molecule has 7 nitrogen and oxygen atoms in total. The number of benzene rings is 1. The first-order chi connectivity index (χ1) is 13.1. The molecule has 1 fully saturated rings. The van der Waals surface area contributed by atoms with E-state index in [1.54, 1.807) is 18.2 Å². The minimum Gasteiger partial charge on any atom is -0.493 e. The minimum atomic E-state index is -0.734. The predicted molar refractivity (Wildman–Crippen MR) is 107 cm³/mol. The Morgan fingerprint density at radius 3 is 2.74 bits per heavy atom. The fourth-order valence-corrected chi connectivity index (χ4v) is 3.42. The van der Waals surface area contributed by atoms with E-state index in [9.17, 15) is 14.7 Å². The summed E-state index contributed by atoms with van der Waals surface area (Å²) in [5.74, 6) is -0.453. The van der Waals surface area contributed by atoms with Crippen LogP contribution in [0.2, 0.25) is 5.02 Å². The third kappa shape index (κ3) is 4.87. The van der Waals surface area contributed by atoms with Crippen molar-refractivity contribution in [3.05, 3.63) is 55.7 Å². The molecule has 2 heterocycles. The van der Waals surface area contributed by atoms with E-state index in [1.807, 2.05) is 0 Å². The molecule has 0 bridgehead atoms. The zero-order chi connectivity index (χ0) is 19.2. The standard InChI is InChI=1S/C19H23ClN4O3/c20-14-6-4-7-15(12-14)24-18(26)16(17(25)22-19(24)27)13-21-8-5-11-23-9-2-1-3-10-23/h4,6-7,12-13,26H,1-3,5,8-11H2,(H,22,25,27). The second kappa shape index (κ2) is 9.01. The quantitative estimate of drug-likeness (QED) is 0.584. The van der Waals surface area contributed by atoms with E-state index in [1.165, 1.54) is 31.5 Å². The maximum atomic E-state index is 12.1. The van der Waals surface area contributed by atoms with Crippen molar-refractivity contribution in [1.82, 2.24) is 14.5 Å². The van der Waals surface area contributed by atoms with Crippen molar-refractivity contribution in [2.45, 2.75) is 25.7 Å². The molecule has 0 spiro atoms. The van der Waals surface area contributed by atoms with E-state index in [0.717, 1.165) is 30.6 Å². The number of rotatable bonds is 6. The van der Waals surface area contributed by atoms with Crippen molar-refractivity contribution in [3.8, 4) is 11.6 Å². The summed E-state index contributed by atoms with van der Waals surface area (Å²) in [6, 6.07) is 6.46. The molecular formula is C19H23ClN4O3. The van der Waals surface area contributed by atoms with Gasteiger partial charge in [-0.3, -0.25) is 14.8 Å². The zero-order valence-corrected chi connectivity index (χ0v) is 15.8. The summed E-state index contributed by atoms with van der Waals surface area (Å²) in [4.78, 5) is 33.1. The molecule has 2 aromatic rings. The molecule has 1 aliphatic heterocycles. The summed E-state index contributed by atoms with van der Waals surface area (Å²) in [5.41, 5.74) is -1.09. The smallest absolute Gasteiger partial charge is 0.335 e. The number of halogens is 1. The first kappa shape index (κ1) is 19.4. The molecule has 0 radical (unpaired) electrons. The number of H-pyrrole nitrogens is 1. The van der Waals surface area contributed by atoms with Gasteiger partial charge < -0.3 is 10.0 Å². The highest BCUT2D eigenvalue weighted by Gasteiger charge is 2.14. The Morgan fingerprint density at radius 1 is 1.22 bits per heavy atom. The molecule has 0 saturated carbocycles. The van der Waals surface area contributed by atoms with Gasteiger partial charge in [-0.15, -0.1) is 0 Å². The van der Waals surface area contributed by atoms with Crippen molar-refractivity contribution in [1.29, 1.82) is 0 Å². The molecule has 0 atom stereocenters. The highest BCUT2D eigenvalue weighted by Crippen LogP contribution is 2.18. The molecule has 0 aliphatic carbocycles. The molecule has 2 N–H and O–H groups in total. The third-order valence-electron chi connectivity index (χ3n) is 4.62. The number of aliphatic imine (C=N–C) groups is 1. The number of nitrogens with zero attached hydrogens (tertiary/aromatic N) is 3. The fraction of sp³-hybridized carbons (Fsp3) is 0.421. The number of aromatic hydroxyl groups is 1. The number of nitrogens with one attached hydrogen (secondary N) is 1. The summed E-state index contributed by atoms with van der Waals surface area (Å²) < 4.78 is 1.00. The van der Waals surface area contributed by atoms with Crippen LogP contribution in [0.5, 0.6) is 5.88 Å². The number of likely N-dealkylation sites (tertiary alicyclic amines) is 1. The van der Waals surface area contributed by atoms with Gasteiger partial charge in [-0.25, -0.2) is 9.36 Å². The lowest BCUT2D eigenvalue weighted by Crippen LogP contribution is -2.31. The molecule has 1 aliphatic rings. The first-order valence-electron chi connectivity index (χ1n) is 9.12. The first-order valence-corrected chi connectivity index (χ1v) is 9.50. The van der Waals surface area contributed by atoms with Crippen molar-refractivity contribution >= 4 is 17.8 Å². The van der Waals surface area contributed by atoms with Crippen LogP contribution in [0.3, 0.4) is 0 Å². The lowest BCUT2D eigenvalue weighted by atomic mass is 10.1. The van der Waals surface area contributed by atoms with E-state index in [4.69, 9.17) is 11.6 Å². The summed E-state index contributed by atoms with van der Waals surface area (Å²) in [5, 5.41) is 10.9. The normalized spacial score (nSPS) is 15.4. The Bertz CT molecular complexity index is 929. The molecule has 144 valence electrons. The van der Waals surface area contributed by atoms with Crippen molar-refractivity contribution in [2.24, 2.45) is 4.99 Å². The van der Waals surface area contributed by atoms with Crippen LogP contribution < -0.4 is 11.2 Å². The number of piperidine rings is 1. The van der Waals surface area contributed by atoms with Gasteiger partial charge in [0.2, 0.25) is 5.88 Å². The topological polar surface area (TPSA) is 90.7 Å². The average Bonchev–Trinajstić information content (AvgIpc) is 2.64. The minimum absolute atomic E-state index is 0.0486. The Morgan fingerprint density at radius 2 is 2.00 bits per heavy atom. The second-order valence-corrected chi connectivity index (χ2v) is 7.04. The van der Waals surface area contributed by atoms with Gasteiger partial charge in [-0.1, -0.05) is 24.1 Å². The van der Waals surface area contributed by atoms with Crippen LogP contribution in [0.4, 0.5) is 0 Å². The van der Waals surface area contributed by atoms with Crippen LogP contribution in [0.25, 0.3) is 5.69 Å². The maximum Gasteiger partial charge on any atom is 0.335 e. The molecule has 1 saturated heterocycles. The number of hydrogen-bond donors (Lipinski definition) is 2. The number of aromatic amines is 1. The highest BCUT2D eigenvalue weighted by atomic mass is 35.5. The average molecular weight is 391 g/mol. The van der Waals surface area contributed by atoms with Crippen molar-refractivity contribution in [2.75, 3.05) is 26.2 Å². The van der Waals surface area contributed by atoms with Crippen molar-refractivity contribution < 1.29 is 5.11 Å². The van der Waals surface area contributed by atoms with Gasteiger partial charge in [0.05, 0.1) is 5.69 Å². The van der Waals surface area contributed by atoms with E-state index in [0.29, 0.717) is 17.3 Å². The van der Waals surface area contributed by atoms with E-state index >= 15 is 0 Å². The fourth-order valence-electron chi connectivity index (χ4n) is 3.23. The van der Waals surface area contributed by atoms with Crippen LogP contribution in [-0.4, -0.2) is 52.0 Å². The largest absolute Gasteiger partial charge is 0.493 e. The van der Waals surface area contributed by atoms with Crippen molar-refractivity contribution in [3.63, 3.8) is 0 Å². The van der Waals surface area contributed by atoms with E-state index < -0.39 is 17.1 Å². The Kier molecular flexibility index (Phi) is 6.47. The SMILES string of the molecule is O=c1[nH]c(=O)n(-c2cccc(Cl)c2)c(O)c1C=NCCCN1CCCCC1. The molecular weight excluding hydrogens is 368 g/mol. The molecule has 0 amide bonds. The molecule has 3 rings (SSSR count). The Hall–Kier alpha value is -2.38. The number of aromatic nitrogens is 2. The number of hydrogen-bond acceptors (Lipinski definition) is 5. The van der Waals surface area contributed by atoms with Gasteiger partial charge in [-0.05, 0) is 57.1 Å². The second-order valence-electron chi connectivity index (χ2n) is 6.60. The molecule has 0 unspecified atom stereocenters. The zero-order valence-electron chi connectivity index (χ0n) is 15.0. The Labute approximate surface area is 161 Å². The molecule has 27 heavy (non-hydrogen) atoms. The summed E-state index contributed by atoms with van der Waals surface area (Å²) in [6.07, 6.45) is 6.00. The molecule has 8 heteroatoms. The lowest BCUT2D eigenvalue weighted by molar-refractivity contribution is 0.228. The summed E-state index contributed by atoms with van der Waals surface area (Å²) >= 11 is 5.95. The summed E-state index contributed by atoms with van der Waals surface area (Å²) in [7, 11) is 0. The lowest BCUT2D eigenvalue weighted by Gasteiger charge is -2.25. The maximum absolute atomic E-state index is 12.1. The van der Waals surface area contributed by atoms with Crippen LogP contribution in [-0.2, 0) is 0 Å². The highest BCUT2D eigenvalue weighted by molar-refractivity contribution is 6.30. The predicted octanol–water partition coefficient (Wildman–Crippen LogP) is 2.18. The van der Waals surface area contributed by atoms with Crippen LogP contribution in [0, 0.1) is 0 Å². The van der Waals surface area contributed by atoms with Gasteiger partial charge in [0.25, 0.3) is 5.56 Å². The van der Waals surface area contributed by atoms with Gasteiger partial charge in [0, 0.05) is 17.8 Å².